The Morgan fingerprint density at radius 3 is 2.73 bits per heavy atom. The molecule has 110 valence electrons. The molecule has 2 aromatic carbocycles. The monoisotopic (exact) mass is 297 g/mol. The highest BCUT2D eigenvalue weighted by molar-refractivity contribution is 6.04. The molecule has 1 aromatic heterocycles. The van der Waals surface area contributed by atoms with Gasteiger partial charge in [-0.25, -0.2) is 9.07 Å². The number of carbonyl (C=O) groups excluding carboxylic acids is 1. The van der Waals surface area contributed by atoms with Gasteiger partial charge in [0.05, 0.1) is 5.56 Å². The minimum atomic E-state index is -0.561. The number of amides is 1. The van der Waals surface area contributed by atoms with E-state index in [1.165, 1.54) is 22.9 Å². The quantitative estimate of drug-likeness (QED) is 0.805. The Morgan fingerprint density at radius 2 is 2.00 bits per heavy atom. The van der Waals surface area contributed by atoms with Crippen LogP contribution in [0.15, 0.2) is 48.5 Å². The Balaban J connectivity index is 1.86. The number of hydrogen-bond acceptors (Lipinski definition) is 4. The van der Waals surface area contributed by atoms with Crippen LogP contribution in [-0.4, -0.2) is 26.1 Å². The number of benzene rings is 2. The highest BCUT2D eigenvalue weighted by Gasteiger charge is 2.12. The first-order valence-corrected chi connectivity index (χ1v) is 6.54. The fourth-order valence-electron chi connectivity index (χ4n) is 2.05. The number of hydrogen-bond donors (Lipinski definition) is 1. The van der Waals surface area contributed by atoms with Gasteiger partial charge >= 0.3 is 0 Å². The lowest BCUT2D eigenvalue weighted by Gasteiger charge is -2.07. The molecule has 0 bridgehead atoms. The molecule has 0 radical (unpaired) electrons. The average molecular weight is 297 g/mol. The van der Waals surface area contributed by atoms with E-state index in [0.29, 0.717) is 11.5 Å². The van der Waals surface area contributed by atoms with Crippen LogP contribution < -0.4 is 5.32 Å². The van der Waals surface area contributed by atoms with Gasteiger partial charge in [-0.3, -0.25) is 4.79 Å². The molecular formula is C15H12FN5O. The van der Waals surface area contributed by atoms with Crippen LogP contribution in [0, 0.1) is 5.82 Å². The minimum absolute atomic E-state index is 0.00627. The van der Waals surface area contributed by atoms with Gasteiger partial charge in [-0.1, -0.05) is 24.3 Å². The maximum Gasteiger partial charge on any atom is 0.258 e. The molecule has 22 heavy (non-hydrogen) atoms. The predicted octanol–water partition coefficient (Wildman–Crippen LogP) is 2.27. The summed E-state index contributed by atoms with van der Waals surface area (Å²) >= 11 is 0. The number of tetrazole rings is 1. The lowest BCUT2D eigenvalue weighted by molar-refractivity contribution is 0.102. The Kier molecular flexibility index (Phi) is 3.61. The third-order valence-electron chi connectivity index (χ3n) is 3.12. The summed E-state index contributed by atoms with van der Waals surface area (Å²) in [6.45, 7) is 0. The van der Waals surface area contributed by atoms with Crippen LogP contribution in [0.25, 0.3) is 11.4 Å². The lowest BCUT2D eigenvalue weighted by atomic mass is 10.1. The molecule has 0 spiro atoms. The van der Waals surface area contributed by atoms with Gasteiger partial charge in [-0.15, -0.1) is 5.10 Å². The molecule has 0 aliphatic heterocycles. The third kappa shape index (κ3) is 2.69. The second-order valence-corrected chi connectivity index (χ2v) is 4.64. The maximum atomic E-state index is 13.6. The molecule has 0 unspecified atom stereocenters. The molecule has 0 aliphatic carbocycles. The summed E-state index contributed by atoms with van der Waals surface area (Å²) in [4.78, 5) is 12.1. The molecule has 0 atom stereocenters. The molecule has 6 nitrogen and oxygen atoms in total. The van der Waals surface area contributed by atoms with E-state index in [1.54, 1.807) is 31.3 Å². The fraction of sp³-hybridized carbons (Fsp3) is 0.0667. The molecule has 1 heterocycles. The van der Waals surface area contributed by atoms with E-state index < -0.39 is 11.7 Å². The predicted molar refractivity (Wildman–Crippen MR) is 78.6 cm³/mol. The summed E-state index contributed by atoms with van der Waals surface area (Å²) in [5, 5.41) is 13.9. The van der Waals surface area contributed by atoms with Gasteiger partial charge in [0.25, 0.3) is 5.91 Å². The third-order valence-corrected chi connectivity index (χ3v) is 3.12. The molecule has 3 aromatic rings. The number of aromatic nitrogens is 4. The molecule has 7 heteroatoms. The van der Waals surface area contributed by atoms with E-state index >= 15 is 0 Å². The van der Waals surface area contributed by atoms with Crippen LogP contribution in [0.4, 0.5) is 10.1 Å². The number of nitrogens with zero attached hydrogens (tertiary/aromatic N) is 4. The van der Waals surface area contributed by atoms with Crippen molar-refractivity contribution in [3.8, 4) is 11.4 Å². The van der Waals surface area contributed by atoms with Gasteiger partial charge < -0.3 is 5.32 Å². The zero-order valence-electron chi connectivity index (χ0n) is 11.7. The van der Waals surface area contributed by atoms with Crippen LogP contribution in [0.5, 0.6) is 0 Å². The summed E-state index contributed by atoms with van der Waals surface area (Å²) in [6, 6.07) is 12.9. The van der Waals surface area contributed by atoms with Crippen LogP contribution in [0.1, 0.15) is 10.4 Å². The molecule has 0 saturated heterocycles. The van der Waals surface area contributed by atoms with Crippen molar-refractivity contribution in [2.45, 2.75) is 0 Å². The van der Waals surface area contributed by atoms with E-state index in [1.807, 2.05) is 6.07 Å². The Labute approximate surface area is 125 Å². The minimum Gasteiger partial charge on any atom is -0.322 e. The summed E-state index contributed by atoms with van der Waals surface area (Å²) in [5.74, 6) is -0.498. The number of carbonyl (C=O) groups is 1. The van der Waals surface area contributed by atoms with Crippen molar-refractivity contribution in [1.29, 1.82) is 0 Å². The molecule has 0 fully saturated rings. The Hall–Kier alpha value is -3.09. The molecule has 0 saturated carbocycles. The first-order chi connectivity index (χ1) is 10.6. The van der Waals surface area contributed by atoms with Crippen molar-refractivity contribution in [2.24, 2.45) is 7.05 Å². The molecule has 1 amide bonds. The van der Waals surface area contributed by atoms with Crippen molar-refractivity contribution >= 4 is 11.6 Å². The van der Waals surface area contributed by atoms with Gasteiger partial charge in [-0.05, 0) is 34.7 Å². The zero-order chi connectivity index (χ0) is 15.5. The number of anilines is 1. The van der Waals surface area contributed by atoms with Gasteiger partial charge in [0.15, 0.2) is 5.82 Å². The number of nitrogens with one attached hydrogen (secondary N) is 1. The summed E-state index contributed by atoms with van der Waals surface area (Å²) in [5.41, 5.74) is 1.28. The molecule has 3 rings (SSSR count). The summed E-state index contributed by atoms with van der Waals surface area (Å²) in [6.07, 6.45) is 0. The Bertz CT molecular complexity index is 830. The van der Waals surface area contributed by atoms with Crippen LogP contribution in [0.3, 0.4) is 0 Å². The second-order valence-electron chi connectivity index (χ2n) is 4.64. The molecular weight excluding hydrogens is 285 g/mol. The van der Waals surface area contributed by atoms with E-state index in [0.717, 1.165) is 5.56 Å². The average Bonchev–Trinajstić information content (AvgIpc) is 2.94. The lowest BCUT2D eigenvalue weighted by Crippen LogP contribution is -2.13. The van der Waals surface area contributed by atoms with Gasteiger partial charge in [0, 0.05) is 18.3 Å². The zero-order valence-corrected chi connectivity index (χ0v) is 11.7. The van der Waals surface area contributed by atoms with Gasteiger partial charge in [0.1, 0.15) is 5.82 Å². The summed E-state index contributed by atoms with van der Waals surface area (Å²) in [7, 11) is 1.72. The smallest absolute Gasteiger partial charge is 0.258 e. The maximum absolute atomic E-state index is 13.6. The second kappa shape index (κ2) is 5.72. The normalized spacial score (nSPS) is 10.5. The van der Waals surface area contributed by atoms with E-state index in [4.69, 9.17) is 0 Å². The molecule has 0 aliphatic rings. The number of aryl methyl sites for hydroxylation is 1. The van der Waals surface area contributed by atoms with Crippen molar-refractivity contribution in [3.63, 3.8) is 0 Å². The van der Waals surface area contributed by atoms with E-state index in [2.05, 4.69) is 20.8 Å². The first-order valence-electron chi connectivity index (χ1n) is 6.54. The van der Waals surface area contributed by atoms with Gasteiger partial charge in [-0.2, -0.15) is 0 Å². The van der Waals surface area contributed by atoms with Crippen LogP contribution in [0.2, 0.25) is 0 Å². The van der Waals surface area contributed by atoms with Gasteiger partial charge in [0.2, 0.25) is 0 Å². The topological polar surface area (TPSA) is 72.7 Å². The Morgan fingerprint density at radius 1 is 1.18 bits per heavy atom. The summed E-state index contributed by atoms with van der Waals surface area (Å²) < 4.78 is 15.1. The van der Waals surface area contributed by atoms with Crippen molar-refractivity contribution < 1.29 is 9.18 Å². The van der Waals surface area contributed by atoms with Crippen LogP contribution >= 0.6 is 0 Å². The highest BCUT2D eigenvalue weighted by atomic mass is 19.1. The largest absolute Gasteiger partial charge is 0.322 e. The number of rotatable bonds is 3. The number of halogens is 1. The van der Waals surface area contributed by atoms with E-state index in [-0.39, 0.29) is 5.56 Å². The van der Waals surface area contributed by atoms with Crippen molar-refractivity contribution in [2.75, 3.05) is 5.32 Å². The SMILES string of the molecule is Cn1nnnc1-c1cccc(NC(=O)c2ccccc2F)c1. The van der Waals surface area contributed by atoms with Crippen molar-refractivity contribution in [1.82, 2.24) is 20.2 Å². The van der Waals surface area contributed by atoms with Crippen molar-refractivity contribution in [3.05, 3.63) is 59.9 Å². The first kappa shape index (κ1) is 13.9. The standard InChI is InChI=1S/C15H12FN5O/c1-21-14(18-19-20-21)10-5-4-6-11(9-10)17-15(22)12-7-2-3-8-13(12)16/h2-9H,1H3,(H,17,22). The molecule has 1 N–H and O–H groups in total. The van der Waals surface area contributed by atoms with Crippen LogP contribution in [-0.2, 0) is 7.05 Å². The fourth-order valence-corrected chi connectivity index (χ4v) is 2.05. The highest BCUT2D eigenvalue weighted by Crippen LogP contribution is 2.20. The van der Waals surface area contributed by atoms with E-state index in [9.17, 15) is 9.18 Å².